The summed E-state index contributed by atoms with van der Waals surface area (Å²) in [6, 6.07) is 7.36. The second-order valence-corrected chi connectivity index (χ2v) is 7.93. The Balaban J connectivity index is 2.14. The van der Waals surface area contributed by atoms with Gasteiger partial charge in [0, 0.05) is 19.8 Å². The Kier molecular flexibility index (Phi) is 5.83. The van der Waals surface area contributed by atoms with E-state index in [9.17, 15) is 18.0 Å². The van der Waals surface area contributed by atoms with E-state index in [0.717, 1.165) is 4.31 Å². The Morgan fingerprint density at radius 1 is 1.23 bits per heavy atom. The maximum absolute atomic E-state index is 12.3. The zero-order chi connectivity index (χ0) is 19.5. The quantitative estimate of drug-likeness (QED) is 0.769. The van der Waals surface area contributed by atoms with Gasteiger partial charge in [-0.25, -0.2) is 17.5 Å². The molecule has 0 saturated heterocycles. The van der Waals surface area contributed by atoms with Crippen LogP contribution in [-0.4, -0.2) is 44.8 Å². The first-order chi connectivity index (χ1) is 12.1. The van der Waals surface area contributed by atoms with Crippen molar-refractivity contribution >= 4 is 27.6 Å². The van der Waals surface area contributed by atoms with Crippen molar-refractivity contribution in [2.24, 2.45) is 0 Å². The summed E-state index contributed by atoms with van der Waals surface area (Å²) in [4.78, 5) is 24.2. The first-order valence-electron chi connectivity index (χ1n) is 7.71. The minimum atomic E-state index is -3.64. The molecule has 2 aromatic rings. The van der Waals surface area contributed by atoms with Crippen molar-refractivity contribution in [3.8, 4) is 0 Å². The molecule has 0 spiro atoms. The van der Waals surface area contributed by atoms with Crippen LogP contribution in [0, 0.1) is 6.92 Å². The van der Waals surface area contributed by atoms with Gasteiger partial charge < -0.3 is 14.5 Å². The average molecular weight is 380 g/mol. The van der Waals surface area contributed by atoms with Gasteiger partial charge in [0.2, 0.25) is 15.8 Å². The predicted octanol–water partition coefficient (Wildman–Crippen LogP) is 2.02. The molecule has 1 aromatic carbocycles. The van der Waals surface area contributed by atoms with Crippen LogP contribution in [-0.2, 0) is 19.6 Å². The van der Waals surface area contributed by atoms with Gasteiger partial charge in [-0.1, -0.05) is 6.07 Å². The number of rotatable bonds is 6. The molecule has 0 bridgehead atoms. The Bertz CT molecular complexity index is 903. The molecule has 0 saturated carbocycles. The summed E-state index contributed by atoms with van der Waals surface area (Å²) in [5, 5.41) is 2.58. The second kappa shape index (κ2) is 7.71. The number of hydrogen-bond donors (Lipinski definition) is 1. The molecule has 0 unspecified atom stereocenters. The summed E-state index contributed by atoms with van der Waals surface area (Å²) >= 11 is 0. The number of carbonyl (C=O) groups is 2. The predicted molar refractivity (Wildman–Crippen MR) is 94.3 cm³/mol. The Morgan fingerprint density at radius 3 is 2.50 bits per heavy atom. The topological polar surface area (TPSA) is 106 Å². The second-order valence-electron chi connectivity index (χ2n) is 5.78. The number of furan rings is 1. The van der Waals surface area contributed by atoms with Crippen LogP contribution >= 0.6 is 0 Å². The van der Waals surface area contributed by atoms with E-state index in [1.165, 1.54) is 51.5 Å². The third kappa shape index (κ3) is 4.30. The zero-order valence-electron chi connectivity index (χ0n) is 14.8. The van der Waals surface area contributed by atoms with Gasteiger partial charge in [-0.05, 0) is 43.7 Å². The summed E-state index contributed by atoms with van der Waals surface area (Å²) in [5.74, 6) is -1.37. The summed E-state index contributed by atoms with van der Waals surface area (Å²) in [7, 11) is -0.796. The SMILES string of the molecule is Cc1ccc(S(=O)(=O)N(C)C)cc1NC(=O)[C@@H](C)OC(=O)c1ccco1. The number of ether oxygens (including phenoxy) is 1. The number of nitrogens with zero attached hydrogens (tertiary/aromatic N) is 1. The van der Waals surface area contributed by atoms with E-state index in [1.807, 2.05) is 0 Å². The van der Waals surface area contributed by atoms with Gasteiger partial charge in [-0.2, -0.15) is 0 Å². The monoisotopic (exact) mass is 380 g/mol. The molecule has 1 atom stereocenters. The molecule has 0 aliphatic carbocycles. The molecule has 1 amide bonds. The average Bonchev–Trinajstić information content (AvgIpc) is 3.11. The van der Waals surface area contributed by atoms with Crippen LogP contribution in [0.25, 0.3) is 0 Å². The van der Waals surface area contributed by atoms with Crippen molar-refractivity contribution in [3.63, 3.8) is 0 Å². The molecule has 0 fully saturated rings. The minimum Gasteiger partial charge on any atom is -0.457 e. The van der Waals surface area contributed by atoms with Crippen LogP contribution in [0.5, 0.6) is 0 Å². The summed E-state index contributed by atoms with van der Waals surface area (Å²) in [5.41, 5.74) is 0.986. The van der Waals surface area contributed by atoms with Gasteiger partial charge in [-0.3, -0.25) is 4.79 Å². The van der Waals surface area contributed by atoms with Crippen molar-refractivity contribution in [1.29, 1.82) is 0 Å². The lowest BCUT2D eigenvalue weighted by Gasteiger charge is -2.16. The van der Waals surface area contributed by atoms with Gasteiger partial charge in [0.15, 0.2) is 6.10 Å². The Labute approximate surface area is 151 Å². The van der Waals surface area contributed by atoms with Gasteiger partial charge in [0.05, 0.1) is 11.2 Å². The lowest BCUT2D eigenvalue weighted by molar-refractivity contribution is -0.123. The van der Waals surface area contributed by atoms with Crippen LogP contribution in [0.4, 0.5) is 5.69 Å². The van der Waals surface area contributed by atoms with Crippen LogP contribution in [0.15, 0.2) is 45.9 Å². The highest BCUT2D eigenvalue weighted by atomic mass is 32.2. The summed E-state index contributed by atoms with van der Waals surface area (Å²) in [6.45, 7) is 3.13. The lowest BCUT2D eigenvalue weighted by atomic mass is 10.2. The van der Waals surface area contributed by atoms with E-state index in [1.54, 1.807) is 13.0 Å². The maximum atomic E-state index is 12.3. The third-order valence-electron chi connectivity index (χ3n) is 3.62. The fraction of sp³-hybridized carbons (Fsp3) is 0.294. The van der Waals surface area contributed by atoms with Gasteiger partial charge in [0.1, 0.15) is 0 Å². The van der Waals surface area contributed by atoms with Crippen molar-refractivity contribution in [2.45, 2.75) is 24.8 Å². The molecule has 1 aromatic heterocycles. The molecule has 9 heteroatoms. The van der Waals surface area contributed by atoms with Crippen LogP contribution in [0.2, 0.25) is 0 Å². The Hall–Kier alpha value is -2.65. The molecule has 1 heterocycles. The highest BCUT2D eigenvalue weighted by Gasteiger charge is 2.22. The number of benzene rings is 1. The molecule has 2 rings (SSSR count). The fourth-order valence-corrected chi connectivity index (χ4v) is 2.94. The van der Waals surface area contributed by atoms with Crippen molar-refractivity contribution < 1.29 is 27.2 Å². The van der Waals surface area contributed by atoms with Crippen molar-refractivity contribution in [1.82, 2.24) is 4.31 Å². The number of carbonyl (C=O) groups excluding carboxylic acids is 2. The largest absolute Gasteiger partial charge is 0.457 e. The third-order valence-corrected chi connectivity index (χ3v) is 5.43. The number of anilines is 1. The van der Waals surface area contributed by atoms with Crippen LogP contribution in [0.1, 0.15) is 23.0 Å². The highest BCUT2D eigenvalue weighted by Crippen LogP contribution is 2.22. The van der Waals surface area contributed by atoms with Crippen molar-refractivity contribution in [3.05, 3.63) is 47.9 Å². The number of esters is 1. The molecular formula is C17H20N2O6S. The number of hydrogen-bond acceptors (Lipinski definition) is 6. The van der Waals surface area contributed by atoms with E-state index in [4.69, 9.17) is 9.15 Å². The maximum Gasteiger partial charge on any atom is 0.374 e. The normalized spacial score (nSPS) is 12.7. The number of sulfonamides is 1. The lowest BCUT2D eigenvalue weighted by Crippen LogP contribution is -2.30. The van der Waals surface area contributed by atoms with E-state index in [2.05, 4.69) is 5.32 Å². The molecule has 0 aliphatic heterocycles. The molecule has 0 radical (unpaired) electrons. The smallest absolute Gasteiger partial charge is 0.374 e. The Morgan fingerprint density at radius 2 is 1.92 bits per heavy atom. The fourth-order valence-electron chi connectivity index (χ4n) is 2.01. The molecule has 140 valence electrons. The summed E-state index contributed by atoms with van der Waals surface area (Å²) < 4.78 is 35.5. The zero-order valence-corrected chi connectivity index (χ0v) is 15.7. The first-order valence-corrected chi connectivity index (χ1v) is 9.15. The molecule has 0 aliphatic rings. The van der Waals surface area contributed by atoms with E-state index in [0.29, 0.717) is 11.3 Å². The highest BCUT2D eigenvalue weighted by molar-refractivity contribution is 7.89. The van der Waals surface area contributed by atoms with E-state index < -0.39 is 28.0 Å². The summed E-state index contributed by atoms with van der Waals surface area (Å²) in [6.07, 6.45) is 0.225. The standard InChI is InChI=1S/C17H20N2O6S/c1-11-7-8-13(26(22,23)19(3)4)10-14(11)18-16(20)12(2)25-17(21)15-6-5-9-24-15/h5-10,12H,1-4H3,(H,18,20)/t12-/m1/s1. The number of aryl methyl sites for hydroxylation is 1. The van der Waals surface area contributed by atoms with E-state index >= 15 is 0 Å². The molecule has 1 N–H and O–H groups in total. The van der Waals surface area contributed by atoms with E-state index in [-0.39, 0.29) is 10.7 Å². The van der Waals surface area contributed by atoms with Gasteiger partial charge >= 0.3 is 5.97 Å². The van der Waals surface area contributed by atoms with Crippen LogP contribution < -0.4 is 5.32 Å². The molecule has 8 nitrogen and oxygen atoms in total. The van der Waals surface area contributed by atoms with Gasteiger partial charge in [0.25, 0.3) is 5.91 Å². The molecular weight excluding hydrogens is 360 g/mol. The molecule has 26 heavy (non-hydrogen) atoms. The number of nitrogens with one attached hydrogen (secondary N) is 1. The minimum absolute atomic E-state index is 0.0140. The van der Waals surface area contributed by atoms with Crippen LogP contribution in [0.3, 0.4) is 0 Å². The van der Waals surface area contributed by atoms with Crippen molar-refractivity contribution in [2.75, 3.05) is 19.4 Å². The number of amides is 1. The van der Waals surface area contributed by atoms with Gasteiger partial charge in [-0.15, -0.1) is 0 Å². The first kappa shape index (κ1) is 19.7.